The van der Waals surface area contributed by atoms with Crippen LogP contribution in [0.3, 0.4) is 0 Å². The predicted molar refractivity (Wildman–Crippen MR) is 241 cm³/mol. The number of anilines is 3. The summed E-state index contributed by atoms with van der Waals surface area (Å²) in [5, 5.41) is 7.63. The van der Waals surface area contributed by atoms with Crippen molar-refractivity contribution in [2.75, 3.05) is 4.90 Å². The first-order valence-corrected chi connectivity index (χ1v) is 20.3. The second-order valence-corrected chi connectivity index (χ2v) is 16.2. The molecule has 0 spiro atoms. The summed E-state index contributed by atoms with van der Waals surface area (Å²) in [5.74, 6) is 0. The third-order valence-corrected chi connectivity index (χ3v) is 13.2. The molecule has 258 valence electrons. The Labute approximate surface area is 327 Å². The lowest BCUT2D eigenvalue weighted by atomic mass is 9.98. The zero-order chi connectivity index (χ0) is 36.3. The van der Waals surface area contributed by atoms with Gasteiger partial charge in [0.1, 0.15) is 0 Å². The number of nitrogens with zero attached hydrogens (tertiary/aromatic N) is 1. The van der Waals surface area contributed by atoms with Crippen LogP contribution in [0.5, 0.6) is 0 Å². The topological polar surface area (TPSA) is 3.24 Å². The number of thiophene rings is 2. The van der Waals surface area contributed by atoms with Gasteiger partial charge in [0.25, 0.3) is 0 Å². The van der Waals surface area contributed by atoms with Gasteiger partial charge in [-0.25, -0.2) is 0 Å². The Hall–Kier alpha value is -6.52. The van der Waals surface area contributed by atoms with Crippen LogP contribution in [0.4, 0.5) is 17.1 Å². The molecule has 11 rings (SSSR count). The molecule has 0 aliphatic rings. The molecular formula is C52H33NS2. The number of hydrogen-bond acceptors (Lipinski definition) is 3. The van der Waals surface area contributed by atoms with Crippen molar-refractivity contribution in [2.24, 2.45) is 0 Å². The molecule has 11 aromatic rings. The summed E-state index contributed by atoms with van der Waals surface area (Å²) in [4.78, 5) is 2.51. The number of hydrogen-bond donors (Lipinski definition) is 0. The molecule has 55 heavy (non-hydrogen) atoms. The lowest BCUT2D eigenvalue weighted by Crippen LogP contribution is -2.11. The van der Waals surface area contributed by atoms with E-state index in [-0.39, 0.29) is 0 Å². The Balaban J connectivity index is 1.16. The minimum atomic E-state index is 1.13. The summed E-state index contributed by atoms with van der Waals surface area (Å²) < 4.78 is 5.17. The van der Waals surface area contributed by atoms with Gasteiger partial charge in [-0.3, -0.25) is 0 Å². The van der Waals surface area contributed by atoms with Crippen molar-refractivity contribution < 1.29 is 0 Å². The SMILES string of the molecule is c1ccc(-c2ccc3c(c2)sc2cccc(N(c4ccc(-c5ccc6ccccc6c5)cc4)c4ccc(-c5ccccc5)c5sc6ccccc6c45)c23)cc1. The van der Waals surface area contributed by atoms with Gasteiger partial charge in [-0.15, -0.1) is 22.7 Å². The Kier molecular flexibility index (Phi) is 7.61. The van der Waals surface area contributed by atoms with Gasteiger partial charge in [0, 0.05) is 46.0 Å². The molecule has 2 aromatic heterocycles. The molecule has 2 heterocycles. The van der Waals surface area contributed by atoms with E-state index in [4.69, 9.17) is 0 Å². The molecule has 0 amide bonds. The molecule has 1 nitrogen and oxygen atoms in total. The van der Waals surface area contributed by atoms with Crippen molar-refractivity contribution in [3.05, 3.63) is 200 Å². The molecule has 0 unspecified atom stereocenters. The minimum absolute atomic E-state index is 1.13. The van der Waals surface area contributed by atoms with E-state index in [2.05, 4.69) is 205 Å². The fourth-order valence-corrected chi connectivity index (χ4v) is 10.7. The van der Waals surface area contributed by atoms with E-state index >= 15 is 0 Å². The molecule has 0 saturated carbocycles. The van der Waals surface area contributed by atoms with E-state index in [9.17, 15) is 0 Å². The van der Waals surface area contributed by atoms with Crippen LogP contribution in [-0.2, 0) is 0 Å². The second kappa shape index (κ2) is 13.1. The van der Waals surface area contributed by atoms with E-state index in [1.165, 1.54) is 95.9 Å². The fourth-order valence-electron chi connectivity index (χ4n) is 8.23. The average Bonchev–Trinajstić information content (AvgIpc) is 3.84. The maximum atomic E-state index is 2.51. The van der Waals surface area contributed by atoms with Crippen LogP contribution in [0.25, 0.3) is 84.5 Å². The largest absolute Gasteiger partial charge is 0.309 e. The summed E-state index contributed by atoms with van der Waals surface area (Å²) in [6.45, 7) is 0. The van der Waals surface area contributed by atoms with Crippen LogP contribution < -0.4 is 4.90 Å². The van der Waals surface area contributed by atoms with Crippen LogP contribution in [0.1, 0.15) is 0 Å². The van der Waals surface area contributed by atoms with Gasteiger partial charge >= 0.3 is 0 Å². The third kappa shape index (κ3) is 5.43. The van der Waals surface area contributed by atoms with Crippen LogP contribution in [0.15, 0.2) is 200 Å². The summed E-state index contributed by atoms with van der Waals surface area (Å²) in [7, 11) is 0. The average molecular weight is 736 g/mol. The third-order valence-electron chi connectivity index (χ3n) is 10.9. The summed E-state index contributed by atoms with van der Waals surface area (Å²) in [6, 6.07) is 73.4. The Morgan fingerprint density at radius 2 is 0.945 bits per heavy atom. The molecule has 0 saturated heterocycles. The lowest BCUT2D eigenvalue weighted by molar-refractivity contribution is 1.32. The van der Waals surface area contributed by atoms with Gasteiger partial charge in [0.15, 0.2) is 0 Å². The minimum Gasteiger partial charge on any atom is -0.309 e. The number of fused-ring (bicyclic) bond motifs is 7. The van der Waals surface area contributed by atoms with Crippen molar-refractivity contribution in [2.45, 2.75) is 0 Å². The quantitative estimate of drug-likeness (QED) is 0.164. The number of rotatable bonds is 6. The molecule has 0 N–H and O–H groups in total. The van der Waals surface area contributed by atoms with Crippen LogP contribution in [0, 0.1) is 0 Å². The highest BCUT2D eigenvalue weighted by atomic mass is 32.1. The molecule has 0 fully saturated rings. The van der Waals surface area contributed by atoms with Gasteiger partial charge < -0.3 is 4.90 Å². The Morgan fingerprint density at radius 3 is 1.78 bits per heavy atom. The van der Waals surface area contributed by atoms with Crippen LogP contribution in [-0.4, -0.2) is 0 Å². The molecule has 0 aliphatic carbocycles. The van der Waals surface area contributed by atoms with Crippen molar-refractivity contribution in [1.82, 2.24) is 0 Å². The van der Waals surface area contributed by atoms with Gasteiger partial charge in [0.2, 0.25) is 0 Å². The van der Waals surface area contributed by atoms with Gasteiger partial charge in [-0.05, 0) is 92.7 Å². The highest BCUT2D eigenvalue weighted by molar-refractivity contribution is 7.26. The predicted octanol–water partition coefficient (Wildman–Crippen LogP) is 16.0. The molecule has 9 aromatic carbocycles. The standard InChI is InChI=1S/C52H33NS2/c1-3-12-34(13-4-1)40-26-29-44-49(33-40)54-48-21-11-19-45(50(44)48)53(41-27-24-36(25-28-41)39-23-22-35-14-7-8-17-38(35)32-39)46-31-30-42(37-15-5-2-6-16-37)52-51(46)43-18-9-10-20-47(43)55-52/h1-33H. The lowest BCUT2D eigenvalue weighted by Gasteiger charge is -2.28. The normalized spacial score (nSPS) is 11.6. The van der Waals surface area contributed by atoms with Gasteiger partial charge in [-0.2, -0.15) is 0 Å². The van der Waals surface area contributed by atoms with E-state index in [1.807, 2.05) is 22.7 Å². The van der Waals surface area contributed by atoms with E-state index < -0.39 is 0 Å². The van der Waals surface area contributed by atoms with Crippen molar-refractivity contribution in [3.8, 4) is 33.4 Å². The number of benzene rings is 9. The monoisotopic (exact) mass is 735 g/mol. The van der Waals surface area contributed by atoms with Gasteiger partial charge in [0.05, 0.1) is 11.4 Å². The van der Waals surface area contributed by atoms with E-state index in [1.54, 1.807) is 0 Å². The summed E-state index contributed by atoms with van der Waals surface area (Å²) >= 11 is 3.76. The molecule has 0 aliphatic heterocycles. The smallest absolute Gasteiger partial charge is 0.0555 e. The second-order valence-electron chi connectivity index (χ2n) is 14.1. The fraction of sp³-hybridized carbons (Fsp3) is 0. The highest BCUT2D eigenvalue weighted by Gasteiger charge is 2.24. The van der Waals surface area contributed by atoms with Gasteiger partial charge in [-0.1, -0.05) is 152 Å². The summed E-state index contributed by atoms with van der Waals surface area (Å²) in [5.41, 5.74) is 10.9. The molecular weight excluding hydrogens is 703 g/mol. The Morgan fingerprint density at radius 1 is 0.327 bits per heavy atom. The Bertz CT molecular complexity index is 3190. The zero-order valence-electron chi connectivity index (χ0n) is 29.8. The van der Waals surface area contributed by atoms with Crippen LogP contribution >= 0.6 is 22.7 Å². The van der Waals surface area contributed by atoms with Crippen molar-refractivity contribution >= 4 is 90.9 Å². The molecule has 0 radical (unpaired) electrons. The zero-order valence-corrected chi connectivity index (χ0v) is 31.4. The first-order valence-electron chi connectivity index (χ1n) is 18.7. The maximum absolute atomic E-state index is 2.51. The molecule has 3 heteroatoms. The van der Waals surface area contributed by atoms with Crippen LogP contribution in [0.2, 0.25) is 0 Å². The molecule has 0 bridgehead atoms. The van der Waals surface area contributed by atoms with E-state index in [0.717, 1.165) is 5.69 Å². The summed E-state index contributed by atoms with van der Waals surface area (Å²) in [6.07, 6.45) is 0. The van der Waals surface area contributed by atoms with Crippen molar-refractivity contribution in [3.63, 3.8) is 0 Å². The molecule has 0 atom stereocenters. The van der Waals surface area contributed by atoms with Crippen molar-refractivity contribution in [1.29, 1.82) is 0 Å². The van der Waals surface area contributed by atoms with E-state index in [0.29, 0.717) is 0 Å². The first kappa shape index (κ1) is 32.0. The maximum Gasteiger partial charge on any atom is 0.0555 e. The highest BCUT2D eigenvalue weighted by Crippen LogP contribution is 2.51. The first-order chi connectivity index (χ1) is 27.3.